The summed E-state index contributed by atoms with van der Waals surface area (Å²) in [6.45, 7) is 1.58. The van der Waals surface area contributed by atoms with Gasteiger partial charge in [0.2, 0.25) is 5.82 Å². The molecule has 0 aliphatic carbocycles. The summed E-state index contributed by atoms with van der Waals surface area (Å²) in [5.41, 5.74) is -0.746. The number of hydrogen-bond acceptors (Lipinski definition) is 0. The van der Waals surface area contributed by atoms with Crippen molar-refractivity contribution in [3.8, 4) is 0 Å². The lowest BCUT2D eigenvalue weighted by Gasteiger charge is -2.06. The first-order valence-corrected chi connectivity index (χ1v) is 4.01. The van der Waals surface area contributed by atoms with Crippen LogP contribution in [0.3, 0.4) is 0 Å². The van der Waals surface area contributed by atoms with Gasteiger partial charge in [-0.3, -0.25) is 0 Å². The van der Waals surface area contributed by atoms with E-state index in [9.17, 15) is 22.0 Å². The van der Waals surface area contributed by atoms with Crippen LogP contribution in [0, 0.1) is 29.1 Å². The van der Waals surface area contributed by atoms with Crippen LogP contribution in [0.25, 0.3) is 0 Å². The van der Waals surface area contributed by atoms with Crippen molar-refractivity contribution in [2.45, 2.75) is 27.2 Å². The van der Waals surface area contributed by atoms with E-state index in [2.05, 4.69) is 0 Å². The van der Waals surface area contributed by atoms with Crippen LogP contribution >= 0.6 is 0 Å². The van der Waals surface area contributed by atoms with Crippen molar-refractivity contribution in [1.29, 1.82) is 0 Å². The first kappa shape index (κ1) is 13.9. The highest BCUT2D eigenvalue weighted by molar-refractivity contribution is 5.24. The quantitative estimate of drug-likeness (QED) is 0.406. The molecule has 1 aromatic carbocycles. The van der Waals surface area contributed by atoms with Gasteiger partial charge in [-0.1, -0.05) is 20.8 Å². The van der Waals surface area contributed by atoms with Crippen LogP contribution in [-0.4, -0.2) is 0 Å². The van der Waals surface area contributed by atoms with Crippen LogP contribution in [0.15, 0.2) is 0 Å². The first-order chi connectivity index (χ1) is 6.50. The zero-order chi connectivity index (χ0) is 10.9. The van der Waals surface area contributed by atoms with E-state index in [0.717, 1.165) is 0 Å². The summed E-state index contributed by atoms with van der Waals surface area (Å²) in [5, 5.41) is 0. The molecule has 0 radical (unpaired) electrons. The molecule has 0 N–H and O–H groups in total. The van der Waals surface area contributed by atoms with E-state index in [4.69, 9.17) is 0 Å². The Morgan fingerprint density at radius 3 is 1.40 bits per heavy atom. The molecule has 0 spiro atoms. The molecule has 86 valence electrons. The van der Waals surface area contributed by atoms with Crippen molar-refractivity contribution in [3.05, 3.63) is 34.6 Å². The summed E-state index contributed by atoms with van der Waals surface area (Å²) in [6, 6.07) is 0. The predicted molar refractivity (Wildman–Crippen MR) is 47.0 cm³/mol. The largest absolute Gasteiger partial charge is 0.203 e. The van der Waals surface area contributed by atoms with Crippen molar-refractivity contribution in [3.63, 3.8) is 0 Å². The number of hydrogen-bond donors (Lipinski definition) is 0. The summed E-state index contributed by atoms with van der Waals surface area (Å²) in [6.07, 6.45) is 0.129. The minimum Gasteiger partial charge on any atom is -0.203 e. The predicted octanol–water partition coefficient (Wildman–Crippen LogP) is 3.97. The van der Waals surface area contributed by atoms with Crippen molar-refractivity contribution >= 4 is 0 Å². The van der Waals surface area contributed by atoms with Crippen LogP contribution in [0.5, 0.6) is 0 Å². The maximum absolute atomic E-state index is 12.9. The maximum atomic E-state index is 12.9. The Bertz CT molecular complexity index is 330. The number of benzene rings is 1. The van der Waals surface area contributed by atoms with Gasteiger partial charge in [0.05, 0.1) is 0 Å². The molecule has 5 heteroatoms. The Labute approximate surface area is 84.7 Å². The highest BCUT2D eigenvalue weighted by atomic mass is 19.2. The van der Waals surface area contributed by atoms with Gasteiger partial charge < -0.3 is 0 Å². The molecule has 0 bridgehead atoms. The normalized spacial score (nSPS) is 10.0. The topological polar surface area (TPSA) is 0 Å². The molecule has 0 aliphatic heterocycles. The smallest absolute Gasteiger partial charge is 0.200 e. The Hall–Kier alpha value is -1.13. The second-order valence-electron chi connectivity index (χ2n) is 2.80. The molecule has 0 saturated heterocycles. The van der Waals surface area contributed by atoms with Crippen molar-refractivity contribution in [2.75, 3.05) is 0 Å². The van der Waals surface area contributed by atoms with Gasteiger partial charge in [-0.25, -0.2) is 22.0 Å². The molecule has 1 rings (SSSR count). The molecule has 0 unspecified atom stereocenters. The fourth-order valence-electron chi connectivity index (χ4n) is 1.12. The Kier molecular flexibility index (Phi) is 4.71. The average molecular weight is 226 g/mol. The fraction of sp³-hybridized carbons (Fsp3) is 0.400. The van der Waals surface area contributed by atoms with Crippen LogP contribution in [0.2, 0.25) is 0 Å². The summed E-state index contributed by atoms with van der Waals surface area (Å²) in [7, 11) is 0. The summed E-state index contributed by atoms with van der Waals surface area (Å²) in [5.74, 6) is -9.34. The zero-order valence-electron chi connectivity index (χ0n) is 7.30. The molecular weight excluding hydrogens is 215 g/mol. The van der Waals surface area contributed by atoms with Crippen molar-refractivity contribution in [1.82, 2.24) is 0 Å². The van der Waals surface area contributed by atoms with Gasteiger partial charge in [-0.05, 0) is 6.42 Å². The van der Waals surface area contributed by atoms with E-state index in [1.165, 1.54) is 0 Å². The summed E-state index contributed by atoms with van der Waals surface area (Å²) >= 11 is 0. The summed E-state index contributed by atoms with van der Waals surface area (Å²) in [4.78, 5) is 0. The lowest BCUT2D eigenvalue weighted by atomic mass is 10.1. The number of rotatable bonds is 2. The van der Waals surface area contributed by atoms with Gasteiger partial charge in [0.15, 0.2) is 23.3 Å². The highest BCUT2D eigenvalue weighted by Gasteiger charge is 2.24. The van der Waals surface area contributed by atoms with Crippen LogP contribution in [0.4, 0.5) is 22.0 Å². The van der Waals surface area contributed by atoms with E-state index in [-0.39, 0.29) is 13.8 Å². The minimum absolute atomic E-state index is 0. The molecule has 0 heterocycles. The molecule has 0 aromatic heterocycles. The van der Waals surface area contributed by atoms with Crippen molar-refractivity contribution < 1.29 is 22.0 Å². The molecular formula is C10H11F5. The van der Waals surface area contributed by atoms with Crippen LogP contribution < -0.4 is 0 Å². The molecule has 0 aliphatic rings. The first-order valence-electron chi connectivity index (χ1n) is 4.01. The molecule has 0 atom stereocenters. The van der Waals surface area contributed by atoms with Crippen LogP contribution in [-0.2, 0) is 6.42 Å². The van der Waals surface area contributed by atoms with E-state index >= 15 is 0 Å². The zero-order valence-corrected chi connectivity index (χ0v) is 7.30. The monoisotopic (exact) mass is 226 g/mol. The molecule has 0 saturated carbocycles. The lowest BCUT2D eigenvalue weighted by Crippen LogP contribution is -2.06. The van der Waals surface area contributed by atoms with Gasteiger partial charge in [0.1, 0.15) is 0 Å². The Balaban J connectivity index is 0.00000196. The van der Waals surface area contributed by atoms with Gasteiger partial charge >= 0.3 is 0 Å². The van der Waals surface area contributed by atoms with Crippen molar-refractivity contribution in [2.24, 2.45) is 0 Å². The fourth-order valence-corrected chi connectivity index (χ4v) is 1.12. The maximum Gasteiger partial charge on any atom is 0.200 e. The third-order valence-corrected chi connectivity index (χ3v) is 1.80. The second-order valence-corrected chi connectivity index (χ2v) is 2.80. The van der Waals surface area contributed by atoms with E-state index in [1.807, 2.05) is 0 Å². The SMILES string of the molecule is C.CCCc1c(F)c(F)c(F)c(F)c1F. The standard InChI is InChI=1S/C9H7F5.CH4/c1-2-3-4-5(10)7(12)9(14)8(13)6(4)11;/h2-3H2,1H3;1H4. The second kappa shape index (κ2) is 5.09. The van der Waals surface area contributed by atoms with Gasteiger partial charge in [-0.15, -0.1) is 0 Å². The third-order valence-electron chi connectivity index (χ3n) is 1.80. The molecule has 0 fully saturated rings. The van der Waals surface area contributed by atoms with E-state index in [1.54, 1.807) is 6.92 Å². The van der Waals surface area contributed by atoms with Gasteiger partial charge in [0, 0.05) is 5.56 Å². The lowest BCUT2D eigenvalue weighted by molar-refractivity contribution is 0.369. The molecule has 1 aromatic rings. The summed E-state index contributed by atoms with van der Waals surface area (Å²) < 4.78 is 63.4. The Morgan fingerprint density at radius 1 is 0.733 bits per heavy atom. The van der Waals surface area contributed by atoms with Crippen LogP contribution in [0.1, 0.15) is 26.3 Å². The molecule has 0 nitrogen and oxygen atoms in total. The van der Waals surface area contributed by atoms with E-state index < -0.39 is 34.6 Å². The van der Waals surface area contributed by atoms with E-state index in [0.29, 0.717) is 6.42 Å². The minimum atomic E-state index is -2.11. The average Bonchev–Trinajstić information content (AvgIpc) is 2.19. The third kappa shape index (κ3) is 2.27. The van der Waals surface area contributed by atoms with Gasteiger partial charge in [0.25, 0.3) is 0 Å². The highest BCUT2D eigenvalue weighted by Crippen LogP contribution is 2.23. The Morgan fingerprint density at radius 2 is 1.07 bits per heavy atom. The van der Waals surface area contributed by atoms with Gasteiger partial charge in [-0.2, -0.15) is 0 Å². The molecule has 15 heavy (non-hydrogen) atoms. The molecule has 0 amide bonds. The number of halogens is 5.